The highest BCUT2D eigenvalue weighted by molar-refractivity contribution is 5.95. The molecule has 1 aliphatic heterocycles. The third-order valence-electron chi connectivity index (χ3n) is 5.48. The van der Waals surface area contributed by atoms with E-state index in [1.165, 1.54) is 12.8 Å². The molecular formula is C21H31N3O3. The lowest BCUT2D eigenvalue weighted by atomic mass is 10.0. The van der Waals surface area contributed by atoms with Crippen LogP contribution in [0.2, 0.25) is 0 Å². The minimum absolute atomic E-state index is 0.0182. The molecule has 1 atom stereocenters. The number of nitrogens with one attached hydrogen (secondary N) is 1. The van der Waals surface area contributed by atoms with Gasteiger partial charge in [-0.15, -0.1) is 0 Å². The van der Waals surface area contributed by atoms with E-state index in [0.29, 0.717) is 25.1 Å². The molecule has 2 amide bonds. The molecule has 1 saturated heterocycles. The summed E-state index contributed by atoms with van der Waals surface area (Å²) in [5.74, 6) is 0.740. The lowest BCUT2D eigenvalue weighted by molar-refractivity contribution is -0.121. The summed E-state index contributed by atoms with van der Waals surface area (Å²) in [6.45, 7) is 1.56. The van der Waals surface area contributed by atoms with E-state index in [0.717, 1.165) is 44.4 Å². The molecule has 2 fully saturated rings. The van der Waals surface area contributed by atoms with E-state index < -0.39 is 0 Å². The Morgan fingerprint density at radius 2 is 1.93 bits per heavy atom. The van der Waals surface area contributed by atoms with Gasteiger partial charge < -0.3 is 20.7 Å². The molecule has 148 valence electrons. The van der Waals surface area contributed by atoms with E-state index in [1.807, 2.05) is 29.2 Å². The molecule has 1 saturated carbocycles. The summed E-state index contributed by atoms with van der Waals surface area (Å²) in [7, 11) is 0. The number of amides is 2. The quantitative estimate of drug-likeness (QED) is 0.769. The summed E-state index contributed by atoms with van der Waals surface area (Å²) < 4.78 is 6.05. The Balaban J connectivity index is 1.64. The topological polar surface area (TPSA) is 84.7 Å². The van der Waals surface area contributed by atoms with Gasteiger partial charge in [0.05, 0.1) is 6.10 Å². The Morgan fingerprint density at radius 1 is 1.15 bits per heavy atom. The molecule has 1 aromatic carbocycles. The second-order valence-electron chi connectivity index (χ2n) is 7.54. The molecule has 3 rings (SSSR count). The Hall–Kier alpha value is -2.08. The summed E-state index contributed by atoms with van der Waals surface area (Å²) in [4.78, 5) is 26.7. The average molecular weight is 373 g/mol. The summed E-state index contributed by atoms with van der Waals surface area (Å²) in [6, 6.07) is 7.56. The van der Waals surface area contributed by atoms with Crippen molar-refractivity contribution in [3.8, 4) is 5.75 Å². The minimum Gasteiger partial charge on any atom is -0.490 e. The number of likely N-dealkylation sites (tertiary alicyclic amines) is 1. The summed E-state index contributed by atoms with van der Waals surface area (Å²) in [6.07, 6.45) is 8.19. The molecular weight excluding hydrogens is 342 g/mol. The largest absolute Gasteiger partial charge is 0.490 e. The standard InChI is InChI=1S/C21H31N3O3/c22-12-11-20(25)23-15-17-7-3-4-13-24(17)21(26)16-6-5-10-19(14-16)27-18-8-1-2-9-18/h5-6,10,14,17-18H,1-4,7-9,11-13,15,22H2,(H,23,25). The highest BCUT2D eigenvalue weighted by Gasteiger charge is 2.28. The number of piperidine rings is 1. The lowest BCUT2D eigenvalue weighted by Crippen LogP contribution is -2.49. The van der Waals surface area contributed by atoms with Crippen molar-refractivity contribution in [1.29, 1.82) is 0 Å². The van der Waals surface area contributed by atoms with Crippen molar-refractivity contribution >= 4 is 11.8 Å². The van der Waals surface area contributed by atoms with E-state index in [-0.39, 0.29) is 24.0 Å². The summed E-state index contributed by atoms with van der Waals surface area (Å²) >= 11 is 0. The number of benzene rings is 1. The van der Waals surface area contributed by atoms with Gasteiger partial charge in [0.15, 0.2) is 0 Å². The third kappa shape index (κ3) is 5.45. The Labute approximate surface area is 161 Å². The van der Waals surface area contributed by atoms with Crippen LogP contribution in [0.25, 0.3) is 0 Å². The molecule has 0 spiro atoms. The molecule has 3 N–H and O–H groups in total. The van der Waals surface area contributed by atoms with Gasteiger partial charge in [-0.05, 0) is 63.1 Å². The molecule has 1 aliphatic carbocycles. The molecule has 0 radical (unpaired) electrons. The highest BCUT2D eigenvalue weighted by atomic mass is 16.5. The van der Waals surface area contributed by atoms with Crippen LogP contribution in [0.5, 0.6) is 5.75 Å². The first-order valence-electron chi connectivity index (χ1n) is 10.2. The second kappa shape index (κ2) is 9.74. The zero-order chi connectivity index (χ0) is 19.1. The number of hydrogen-bond acceptors (Lipinski definition) is 4. The van der Waals surface area contributed by atoms with E-state index in [2.05, 4.69) is 5.32 Å². The number of carbonyl (C=O) groups excluding carboxylic acids is 2. The van der Waals surface area contributed by atoms with Crippen LogP contribution in [-0.2, 0) is 4.79 Å². The lowest BCUT2D eigenvalue weighted by Gasteiger charge is -2.36. The van der Waals surface area contributed by atoms with Crippen LogP contribution in [0.3, 0.4) is 0 Å². The first-order chi connectivity index (χ1) is 13.2. The maximum Gasteiger partial charge on any atom is 0.254 e. The van der Waals surface area contributed by atoms with Crippen molar-refractivity contribution in [2.24, 2.45) is 5.73 Å². The van der Waals surface area contributed by atoms with E-state index in [1.54, 1.807) is 0 Å². The van der Waals surface area contributed by atoms with Gasteiger partial charge in [0.1, 0.15) is 5.75 Å². The number of nitrogens with two attached hydrogens (primary N) is 1. The van der Waals surface area contributed by atoms with Crippen molar-refractivity contribution in [1.82, 2.24) is 10.2 Å². The molecule has 1 unspecified atom stereocenters. The van der Waals surface area contributed by atoms with Gasteiger partial charge in [0.2, 0.25) is 5.91 Å². The van der Waals surface area contributed by atoms with Gasteiger partial charge in [-0.25, -0.2) is 0 Å². The molecule has 1 aromatic rings. The highest BCUT2D eigenvalue weighted by Crippen LogP contribution is 2.26. The van der Waals surface area contributed by atoms with E-state index >= 15 is 0 Å². The fourth-order valence-corrected chi connectivity index (χ4v) is 4.00. The Morgan fingerprint density at radius 3 is 2.70 bits per heavy atom. The van der Waals surface area contributed by atoms with Crippen LogP contribution in [0.15, 0.2) is 24.3 Å². The normalized spacial score (nSPS) is 20.5. The van der Waals surface area contributed by atoms with E-state index in [4.69, 9.17) is 10.5 Å². The van der Waals surface area contributed by atoms with Crippen LogP contribution in [-0.4, -0.2) is 48.5 Å². The SMILES string of the molecule is NCCC(=O)NCC1CCCCN1C(=O)c1cccc(OC2CCCC2)c1. The summed E-state index contributed by atoms with van der Waals surface area (Å²) in [5.41, 5.74) is 6.08. The molecule has 1 heterocycles. The zero-order valence-electron chi connectivity index (χ0n) is 16.0. The van der Waals surface area contributed by atoms with Gasteiger partial charge in [-0.3, -0.25) is 9.59 Å². The van der Waals surface area contributed by atoms with Crippen molar-refractivity contribution in [2.75, 3.05) is 19.6 Å². The van der Waals surface area contributed by atoms with Gasteiger partial charge in [0, 0.05) is 37.7 Å². The average Bonchev–Trinajstić information content (AvgIpc) is 3.19. The van der Waals surface area contributed by atoms with Crippen molar-refractivity contribution in [2.45, 2.75) is 63.5 Å². The number of ether oxygens (including phenoxy) is 1. The predicted octanol–water partition coefficient (Wildman–Crippen LogP) is 2.47. The fraction of sp³-hybridized carbons (Fsp3) is 0.619. The smallest absolute Gasteiger partial charge is 0.254 e. The van der Waals surface area contributed by atoms with Crippen molar-refractivity contribution in [3.05, 3.63) is 29.8 Å². The van der Waals surface area contributed by atoms with Crippen molar-refractivity contribution in [3.63, 3.8) is 0 Å². The Kier molecular flexibility index (Phi) is 7.10. The zero-order valence-corrected chi connectivity index (χ0v) is 16.0. The second-order valence-corrected chi connectivity index (χ2v) is 7.54. The van der Waals surface area contributed by atoms with Crippen LogP contribution in [0.1, 0.15) is 61.7 Å². The molecule has 6 nitrogen and oxygen atoms in total. The molecule has 27 heavy (non-hydrogen) atoms. The monoisotopic (exact) mass is 373 g/mol. The number of rotatable bonds is 7. The van der Waals surface area contributed by atoms with Crippen LogP contribution in [0, 0.1) is 0 Å². The molecule has 0 aromatic heterocycles. The molecule has 6 heteroatoms. The first-order valence-corrected chi connectivity index (χ1v) is 10.2. The van der Waals surface area contributed by atoms with Crippen molar-refractivity contribution < 1.29 is 14.3 Å². The van der Waals surface area contributed by atoms with Gasteiger partial charge in [-0.2, -0.15) is 0 Å². The number of nitrogens with zero attached hydrogens (tertiary/aromatic N) is 1. The minimum atomic E-state index is -0.0533. The predicted molar refractivity (Wildman–Crippen MR) is 105 cm³/mol. The Bertz CT molecular complexity index is 643. The molecule has 2 aliphatic rings. The van der Waals surface area contributed by atoms with Gasteiger partial charge in [-0.1, -0.05) is 6.07 Å². The third-order valence-corrected chi connectivity index (χ3v) is 5.48. The van der Waals surface area contributed by atoms with E-state index in [9.17, 15) is 9.59 Å². The fourth-order valence-electron chi connectivity index (χ4n) is 4.00. The molecule has 0 bridgehead atoms. The van der Waals surface area contributed by atoms with Gasteiger partial charge >= 0.3 is 0 Å². The van der Waals surface area contributed by atoms with Crippen LogP contribution >= 0.6 is 0 Å². The maximum absolute atomic E-state index is 13.1. The summed E-state index contributed by atoms with van der Waals surface area (Å²) in [5, 5.41) is 2.91. The van der Waals surface area contributed by atoms with Crippen LogP contribution < -0.4 is 15.8 Å². The first kappa shape index (κ1) is 19.7. The maximum atomic E-state index is 13.1. The number of hydrogen-bond donors (Lipinski definition) is 2. The van der Waals surface area contributed by atoms with Crippen LogP contribution in [0.4, 0.5) is 0 Å². The van der Waals surface area contributed by atoms with Gasteiger partial charge in [0.25, 0.3) is 5.91 Å². The number of carbonyl (C=O) groups is 2.